The van der Waals surface area contributed by atoms with Crippen LogP contribution in [0.5, 0.6) is 0 Å². The van der Waals surface area contributed by atoms with Gasteiger partial charge in [-0.3, -0.25) is 4.79 Å². The van der Waals surface area contributed by atoms with Crippen LogP contribution in [0.2, 0.25) is 0 Å². The van der Waals surface area contributed by atoms with E-state index in [2.05, 4.69) is 0 Å². The molecule has 1 saturated carbocycles. The molecule has 1 amide bonds. The maximum atomic E-state index is 14.4. The zero-order chi connectivity index (χ0) is 18.9. The maximum absolute atomic E-state index is 14.4. The van der Waals surface area contributed by atoms with E-state index in [0.717, 1.165) is 5.56 Å². The largest absolute Gasteiger partial charge is 0.459 e. The summed E-state index contributed by atoms with van der Waals surface area (Å²) in [7, 11) is 0. The number of benzene rings is 1. The van der Waals surface area contributed by atoms with Crippen molar-refractivity contribution in [2.45, 2.75) is 52.0 Å². The first kappa shape index (κ1) is 18.7. The molecule has 5 nitrogen and oxygen atoms in total. The molecule has 3 rings (SSSR count). The second-order valence-corrected chi connectivity index (χ2v) is 8.24. The Kier molecular flexibility index (Phi) is 4.95. The number of esters is 1. The number of rotatable bonds is 3. The van der Waals surface area contributed by atoms with Crippen LogP contribution < -0.4 is 0 Å². The van der Waals surface area contributed by atoms with Crippen molar-refractivity contribution in [3.8, 4) is 0 Å². The van der Waals surface area contributed by atoms with Gasteiger partial charge in [0.1, 0.15) is 18.4 Å². The average Bonchev–Trinajstić information content (AvgIpc) is 3.11. The van der Waals surface area contributed by atoms with Crippen molar-refractivity contribution < 1.29 is 23.5 Å². The van der Waals surface area contributed by atoms with E-state index in [1.54, 1.807) is 20.8 Å². The highest BCUT2D eigenvalue weighted by molar-refractivity contribution is 5.81. The third-order valence-corrected chi connectivity index (χ3v) is 5.17. The Morgan fingerprint density at radius 1 is 1.27 bits per heavy atom. The number of hydrogen-bond acceptors (Lipinski definition) is 4. The molecule has 1 aliphatic heterocycles. The van der Waals surface area contributed by atoms with Crippen molar-refractivity contribution in [3.05, 3.63) is 35.9 Å². The lowest BCUT2D eigenvalue weighted by Crippen LogP contribution is -2.42. The van der Waals surface area contributed by atoms with Crippen LogP contribution in [-0.4, -0.2) is 41.8 Å². The van der Waals surface area contributed by atoms with Crippen molar-refractivity contribution >= 4 is 12.1 Å². The molecule has 26 heavy (non-hydrogen) atoms. The summed E-state index contributed by atoms with van der Waals surface area (Å²) in [4.78, 5) is 26.7. The molecule has 0 bridgehead atoms. The van der Waals surface area contributed by atoms with Gasteiger partial charge in [-0.2, -0.15) is 0 Å². The minimum atomic E-state index is -1.10. The number of nitrogens with zero attached hydrogens (tertiary/aromatic N) is 1. The summed E-state index contributed by atoms with van der Waals surface area (Å²) in [5.41, 5.74) is -0.727. The predicted octanol–water partition coefficient (Wildman–Crippen LogP) is 3.72. The van der Waals surface area contributed by atoms with Gasteiger partial charge in [0, 0.05) is 19.0 Å². The van der Waals surface area contributed by atoms with Crippen molar-refractivity contribution in [1.82, 2.24) is 4.90 Å². The number of fused-ring (bicyclic) bond motifs is 1. The third-order valence-electron chi connectivity index (χ3n) is 5.17. The zero-order valence-corrected chi connectivity index (χ0v) is 15.5. The van der Waals surface area contributed by atoms with Gasteiger partial charge in [-0.25, -0.2) is 9.18 Å². The molecule has 1 heterocycles. The zero-order valence-electron chi connectivity index (χ0n) is 15.5. The Hall–Kier alpha value is -2.11. The fraction of sp³-hybridized carbons (Fsp3) is 0.600. The van der Waals surface area contributed by atoms with Gasteiger partial charge in [0.2, 0.25) is 0 Å². The molecule has 6 heteroatoms. The number of alkyl halides is 1. The maximum Gasteiger partial charge on any atom is 0.410 e. The molecule has 0 spiro atoms. The predicted molar refractivity (Wildman–Crippen MR) is 94.1 cm³/mol. The van der Waals surface area contributed by atoms with Gasteiger partial charge in [-0.15, -0.1) is 0 Å². The van der Waals surface area contributed by atoms with Crippen LogP contribution in [0.1, 0.15) is 39.2 Å². The monoisotopic (exact) mass is 363 g/mol. The topological polar surface area (TPSA) is 55.8 Å². The SMILES string of the molecule is CC(C)(C)OC(=O)[C@@]12CC[C@H](F)[C@@H]1CN(C(=O)OCc1ccccc1)C2. The lowest BCUT2D eigenvalue weighted by Gasteiger charge is -2.30. The van der Waals surface area contributed by atoms with Crippen LogP contribution in [-0.2, 0) is 20.9 Å². The van der Waals surface area contributed by atoms with Gasteiger partial charge in [-0.1, -0.05) is 30.3 Å². The number of carbonyl (C=O) groups excluding carboxylic acids is 2. The molecule has 0 unspecified atom stereocenters. The van der Waals surface area contributed by atoms with E-state index in [0.29, 0.717) is 12.8 Å². The molecule has 1 saturated heterocycles. The highest BCUT2D eigenvalue weighted by Gasteiger charge is 2.61. The molecule has 1 aromatic carbocycles. The molecular formula is C20H26FNO4. The Labute approximate surface area is 153 Å². The molecule has 1 aliphatic carbocycles. The molecule has 2 aliphatic rings. The second kappa shape index (κ2) is 6.89. The fourth-order valence-corrected chi connectivity index (χ4v) is 3.90. The smallest absolute Gasteiger partial charge is 0.410 e. The van der Waals surface area contributed by atoms with E-state index in [-0.39, 0.29) is 19.7 Å². The van der Waals surface area contributed by atoms with Gasteiger partial charge in [0.15, 0.2) is 0 Å². The molecule has 2 fully saturated rings. The van der Waals surface area contributed by atoms with E-state index in [1.807, 2.05) is 30.3 Å². The highest BCUT2D eigenvalue weighted by Crippen LogP contribution is 2.51. The molecule has 1 aromatic rings. The lowest BCUT2D eigenvalue weighted by molar-refractivity contribution is -0.168. The minimum absolute atomic E-state index is 0.152. The Balaban J connectivity index is 1.68. The van der Waals surface area contributed by atoms with Gasteiger partial charge in [0.25, 0.3) is 0 Å². The number of amides is 1. The lowest BCUT2D eigenvalue weighted by atomic mass is 9.80. The first-order valence-electron chi connectivity index (χ1n) is 9.04. The Bertz CT molecular complexity index is 672. The van der Waals surface area contributed by atoms with Gasteiger partial charge < -0.3 is 14.4 Å². The standard InChI is InChI=1S/C20H26FNO4/c1-19(2,3)26-17(23)20-10-9-16(21)15(20)11-22(13-20)18(24)25-12-14-7-5-4-6-8-14/h4-8,15-16H,9-13H2,1-3H3/t15-,16-,20+/m0/s1. The summed E-state index contributed by atoms with van der Waals surface area (Å²) in [6.45, 7) is 5.87. The van der Waals surface area contributed by atoms with E-state index >= 15 is 0 Å². The van der Waals surface area contributed by atoms with E-state index in [1.165, 1.54) is 4.90 Å². The summed E-state index contributed by atoms with van der Waals surface area (Å²) in [5, 5.41) is 0. The summed E-state index contributed by atoms with van der Waals surface area (Å²) in [6, 6.07) is 9.36. The molecule has 142 valence electrons. The summed E-state index contributed by atoms with van der Waals surface area (Å²) < 4.78 is 25.3. The van der Waals surface area contributed by atoms with E-state index in [4.69, 9.17) is 9.47 Å². The fourth-order valence-electron chi connectivity index (χ4n) is 3.90. The highest BCUT2D eigenvalue weighted by atomic mass is 19.1. The van der Waals surface area contributed by atoms with Crippen LogP contribution >= 0.6 is 0 Å². The first-order chi connectivity index (χ1) is 12.2. The van der Waals surface area contributed by atoms with Crippen LogP contribution in [0.4, 0.5) is 9.18 Å². The first-order valence-corrected chi connectivity index (χ1v) is 9.04. The summed E-state index contributed by atoms with van der Waals surface area (Å²) in [6.07, 6.45) is -0.889. The number of carbonyl (C=O) groups is 2. The number of ether oxygens (including phenoxy) is 2. The quantitative estimate of drug-likeness (QED) is 0.768. The van der Waals surface area contributed by atoms with Gasteiger partial charge >= 0.3 is 12.1 Å². The normalized spacial score (nSPS) is 27.9. The minimum Gasteiger partial charge on any atom is -0.459 e. The molecule has 0 aromatic heterocycles. The number of likely N-dealkylation sites (tertiary alicyclic amines) is 1. The molecular weight excluding hydrogens is 337 g/mol. The van der Waals surface area contributed by atoms with Crippen molar-refractivity contribution in [2.75, 3.05) is 13.1 Å². The third kappa shape index (κ3) is 3.69. The van der Waals surface area contributed by atoms with E-state index in [9.17, 15) is 14.0 Å². The second-order valence-electron chi connectivity index (χ2n) is 8.24. The number of halogens is 1. The molecule has 3 atom stereocenters. The van der Waals surface area contributed by atoms with Gasteiger partial charge in [0.05, 0.1) is 5.41 Å². The van der Waals surface area contributed by atoms with Crippen molar-refractivity contribution in [1.29, 1.82) is 0 Å². The van der Waals surface area contributed by atoms with Crippen molar-refractivity contribution in [3.63, 3.8) is 0 Å². The van der Waals surface area contributed by atoms with Gasteiger partial charge in [-0.05, 0) is 39.2 Å². The Morgan fingerprint density at radius 3 is 2.62 bits per heavy atom. The van der Waals surface area contributed by atoms with Crippen molar-refractivity contribution in [2.24, 2.45) is 11.3 Å². The van der Waals surface area contributed by atoms with Crippen LogP contribution in [0.15, 0.2) is 30.3 Å². The molecule has 0 radical (unpaired) electrons. The Morgan fingerprint density at radius 2 is 1.96 bits per heavy atom. The van der Waals surface area contributed by atoms with Crippen LogP contribution in [0.3, 0.4) is 0 Å². The average molecular weight is 363 g/mol. The van der Waals surface area contributed by atoms with Crippen LogP contribution in [0, 0.1) is 11.3 Å². The van der Waals surface area contributed by atoms with E-state index < -0.39 is 35.2 Å². The summed E-state index contributed by atoms with van der Waals surface area (Å²) >= 11 is 0. The number of hydrogen-bond donors (Lipinski definition) is 0. The molecule has 0 N–H and O–H groups in total. The van der Waals surface area contributed by atoms with Crippen LogP contribution in [0.25, 0.3) is 0 Å². The summed E-state index contributed by atoms with van der Waals surface area (Å²) in [5.74, 6) is -0.935.